The number of carboxylic acids is 1. The first-order valence-electron chi connectivity index (χ1n) is 6.76. The molecule has 0 aliphatic heterocycles. The van der Waals surface area contributed by atoms with Gasteiger partial charge in [0.2, 0.25) is 0 Å². The van der Waals surface area contributed by atoms with E-state index in [-0.39, 0.29) is 11.6 Å². The van der Waals surface area contributed by atoms with E-state index in [2.05, 4.69) is 19.2 Å². The highest BCUT2D eigenvalue weighted by Gasteiger charge is 2.24. The molecule has 104 valence electrons. The van der Waals surface area contributed by atoms with E-state index in [0.29, 0.717) is 11.6 Å². The second kappa shape index (κ2) is 5.59. The minimum Gasteiger partial charge on any atom is -0.478 e. The predicted molar refractivity (Wildman–Crippen MR) is 72.9 cm³/mol. The van der Waals surface area contributed by atoms with Crippen LogP contribution in [0.4, 0.5) is 10.1 Å². The van der Waals surface area contributed by atoms with Gasteiger partial charge in [0.1, 0.15) is 5.82 Å². The summed E-state index contributed by atoms with van der Waals surface area (Å²) in [6, 6.07) is 4.29. The molecule has 2 rings (SSSR count). The number of hydrogen-bond acceptors (Lipinski definition) is 2. The van der Waals surface area contributed by atoms with Crippen molar-refractivity contribution in [1.82, 2.24) is 0 Å². The first-order valence-corrected chi connectivity index (χ1v) is 6.76. The van der Waals surface area contributed by atoms with Crippen molar-refractivity contribution in [1.29, 1.82) is 0 Å². The Kier molecular flexibility index (Phi) is 4.08. The Hall–Kier alpha value is -1.58. The highest BCUT2D eigenvalue weighted by molar-refractivity contribution is 5.88. The molecule has 1 saturated carbocycles. The lowest BCUT2D eigenvalue weighted by Gasteiger charge is -2.33. The number of carboxylic acid groups (broad SMARTS) is 1. The van der Waals surface area contributed by atoms with Crippen LogP contribution in [-0.4, -0.2) is 17.1 Å². The van der Waals surface area contributed by atoms with Crippen LogP contribution in [0.1, 0.15) is 43.5 Å². The van der Waals surface area contributed by atoms with E-state index >= 15 is 0 Å². The third kappa shape index (κ3) is 3.25. The van der Waals surface area contributed by atoms with Crippen LogP contribution < -0.4 is 5.32 Å². The largest absolute Gasteiger partial charge is 0.478 e. The molecule has 1 aliphatic carbocycles. The Bertz CT molecular complexity index is 475. The summed E-state index contributed by atoms with van der Waals surface area (Å²) in [7, 11) is 0. The smallest absolute Gasteiger partial charge is 0.335 e. The average molecular weight is 265 g/mol. The maximum absolute atomic E-state index is 13.8. The van der Waals surface area contributed by atoms with Gasteiger partial charge in [-0.05, 0) is 49.3 Å². The van der Waals surface area contributed by atoms with Crippen LogP contribution in [0.2, 0.25) is 0 Å². The molecular formula is C15H20FNO2. The van der Waals surface area contributed by atoms with Gasteiger partial charge in [-0.3, -0.25) is 0 Å². The molecule has 0 aromatic heterocycles. The van der Waals surface area contributed by atoms with Gasteiger partial charge >= 0.3 is 5.97 Å². The van der Waals surface area contributed by atoms with Crippen molar-refractivity contribution in [3.63, 3.8) is 0 Å². The van der Waals surface area contributed by atoms with Crippen molar-refractivity contribution in [2.24, 2.45) is 11.8 Å². The Morgan fingerprint density at radius 2 is 2.05 bits per heavy atom. The molecule has 1 aromatic rings. The number of benzene rings is 1. The molecule has 2 N–H and O–H groups in total. The minimum absolute atomic E-state index is 0.0197. The summed E-state index contributed by atoms with van der Waals surface area (Å²) in [5.41, 5.74) is 0.380. The third-order valence-electron chi connectivity index (χ3n) is 4.17. The number of carbonyl (C=O) groups is 1. The Morgan fingerprint density at radius 3 is 2.63 bits per heavy atom. The monoisotopic (exact) mass is 265 g/mol. The van der Waals surface area contributed by atoms with E-state index in [4.69, 9.17) is 5.11 Å². The molecule has 3 atom stereocenters. The number of rotatable bonds is 3. The number of anilines is 1. The standard InChI is InChI=1S/C15H20FNO2/c1-9-3-5-12(7-10(9)2)17-14-6-4-11(15(18)19)8-13(14)16/h4,6,8-10,12,17H,3,5,7H2,1-2H3,(H,18,19). The van der Waals surface area contributed by atoms with Gasteiger partial charge in [0, 0.05) is 6.04 Å². The summed E-state index contributed by atoms with van der Waals surface area (Å²) in [4.78, 5) is 10.7. The lowest BCUT2D eigenvalue weighted by Crippen LogP contribution is -2.30. The minimum atomic E-state index is -1.11. The van der Waals surface area contributed by atoms with Gasteiger partial charge in [-0.1, -0.05) is 13.8 Å². The molecule has 0 heterocycles. The van der Waals surface area contributed by atoms with E-state index in [1.807, 2.05) is 0 Å². The average Bonchev–Trinajstić information content (AvgIpc) is 2.36. The Balaban J connectivity index is 2.05. The second-order valence-corrected chi connectivity index (χ2v) is 5.61. The number of aromatic carboxylic acids is 1. The fourth-order valence-corrected chi connectivity index (χ4v) is 2.66. The zero-order chi connectivity index (χ0) is 14.0. The molecule has 19 heavy (non-hydrogen) atoms. The molecule has 3 unspecified atom stereocenters. The van der Waals surface area contributed by atoms with E-state index < -0.39 is 11.8 Å². The van der Waals surface area contributed by atoms with E-state index in [9.17, 15) is 9.18 Å². The molecule has 0 bridgehead atoms. The summed E-state index contributed by atoms with van der Waals surface area (Å²) < 4.78 is 13.8. The van der Waals surface area contributed by atoms with Crippen LogP contribution in [0.5, 0.6) is 0 Å². The van der Waals surface area contributed by atoms with Gasteiger partial charge in [0.15, 0.2) is 0 Å². The molecule has 4 heteroatoms. The lowest BCUT2D eigenvalue weighted by atomic mass is 9.79. The summed E-state index contributed by atoms with van der Waals surface area (Å²) in [5, 5.41) is 12.0. The molecule has 0 saturated heterocycles. The molecule has 1 fully saturated rings. The molecule has 0 radical (unpaired) electrons. The fourth-order valence-electron chi connectivity index (χ4n) is 2.66. The number of nitrogens with one attached hydrogen (secondary N) is 1. The Labute approximate surface area is 112 Å². The van der Waals surface area contributed by atoms with E-state index in [1.54, 1.807) is 0 Å². The highest BCUT2D eigenvalue weighted by Crippen LogP contribution is 2.31. The molecule has 3 nitrogen and oxygen atoms in total. The Morgan fingerprint density at radius 1 is 1.32 bits per heavy atom. The van der Waals surface area contributed by atoms with Crippen LogP contribution in [0.15, 0.2) is 18.2 Å². The third-order valence-corrected chi connectivity index (χ3v) is 4.17. The van der Waals surface area contributed by atoms with Crippen LogP contribution in [0.3, 0.4) is 0 Å². The summed E-state index contributed by atoms with van der Waals surface area (Å²) in [5.74, 6) is -0.248. The fraction of sp³-hybridized carbons (Fsp3) is 0.533. The summed E-state index contributed by atoms with van der Waals surface area (Å²) >= 11 is 0. The van der Waals surface area contributed by atoms with Crippen molar-refractivity contribution in [2.45, 2.75) is 39.2 Å². The maximum Gasteiger partial charge on any atom is 0.335 e. The van der Waals surface area contributed by atoms with Gasteiger partial charge in [-0.15, -0.1) is 0 Å². The van der Waals surface area contributed by atoms with E-state index in [1.165, 1.54) is 12.1 Å². The number of halogens is 1. The van der Waals surface area contributed by atoms with Crippen LogP contribution >= 0.6 is 0 Å². The van der Waals surface area contributed by atoms with Crippen molar-refractivity contribution in [2.75, 3.05) is 5.32 Å². The van der Waals surface area contributed by atoms with Gasteiger partial charge in [0.25, 0.3) is 0 Å². The quantitative estimate of drug-likeness (QED) is 0.874. The van der Waals surface area contributed by atoms with Gasteiger partial charge < -0.3 is 10.4 Å². The first-order chi connectivity index (χ1) is 8.97. The van der Waals surface area contributed by atoms with Crippen LogP contribution in [0.25, 0.3) is 0 Å². The van der Waals surface area contributed by atoms with Gasteiger partial charge in [-0.25, -0.2) is 9.18 Å². The molecule has 1 aliphatic rings. The zero-order valence-corrected chi connectivity index (χ0v) is 11.3. The molecule has 0 spiro atoms. The summed E-state index contributed by atoms with van der Waals surface area (Å²) in [6.07, 6.45) is 3.21. The van der Waals surface area contributed by atoms with Crippen molar-refractivity contribution in [3.05, 3.63) is 29.6 Å². The van der Waals surface area contributed by atoms with Gasteiger partial charge in [0.05, 0.1) is 11.3 Å². The highest BCUT2D eigenvalue weighted by atomic mass is 19.1. The topological polar surface area (TPSA) is 49.3 Å². The van der Waals surface area contributed by atoms with Crippen molar-refractivity contribution < 1.29 is 14.3 Å². The SMILES string of the molecule is CC1CCC(Nc2ccc(C(=O)O)cc2F)CC1C. The molecular weight excluding hydrogens is 245 g/mol. The second-order valence-electron chi connectivity index (χ2n) is 5.61. The van der Waals surface area contributed by atoms with Gasteiger partial charge in [-0.2, -0.15) is 0 Å². The predicted octanol–water partition coefficient (Wildman–Crippen LogP) is 3.76. The zero-order valence-electron chi connectivity index (χ0n) is 11.3. The van der Waals surface area contributed by atoms with Crippen LogP contribution in [0, 0.1) is 17.7 Å². The maximum atomic E-state index is 13.8. The van der Waals surface area contributed by atoms with Crippen molar-refractivity contribution >= 4 is 11.7 Å². The van der Waals surface area contributed by atoms with Crippen LogP contribution in [-0.2, 0) is 0 Å². The number of hydrogen-bond donors (Lipinski definition) is 2. The van der Waals surface area contributed by atoms with Crippen molar-refractivity contribution in [3.8, 4) is 0 Å². The molecule has 1 aromatic carbocycles. The normalized spacial score (nSPS) is 27.0. The first kappa shape index (κ1) is 13.8. The van der Waals surface area contributed by atoms with E-state index in [0.717, 1.165) is 31.2 Å². The molecule has 0 amide bonds. The lowest BCUT2D eigenvalue weighted by molar-refractivity contribution is 0.0696. The summed E-state index contributed by atoms with van der Waals surface area (Å²) in [6.45, 7) is 4.48.